The van der Waals surface area contributed by atoms with Crippen LogP contribution in [0.5, 0.6) is 0 Å². The van der Waals surface area contributed by atoms with E-state index in [1.165, 1.54) is 250 Å². The summed E-state index contributed by atoms with van der Waals surface area (Å²) in [6, 6.07) is 0. The van der Waals surface area contributed by atoms with E-state index in [1.807, 2.05) is 6.08 Å². The number of carbonyl (C=O) groups excluding carboxylic acids is 3. The first-order valence-electron chi connectivity index (χ1n) is 36.1. The van der Waals surface area contributed by atoms with Gasteiger partial charge in [-0.15, -0.1) is 0 Å². The molecule has 0 saturated heterocycles. The fourth-order valence-corrected chi connectivity index (χ4v) is 10.5. The molecular weight excluding hydrogens is 1020 g/mol. The van der Waals surface area contributed by atoms with Crippen LogP contribution < -0.4 is 0 Å². The highest BCUT2D eigenvalue weighted by Gasteiger charge is 2.19. The van der Waals surface area contributed by atoms with E-state index < -0.39 is 6.10 Å². The van der Waals surface area contributed by atoms with E-state index in [0.717, 1.165) is 70.6 Å². The molecule has 0 saturated carbocycles. The first-order chi connectivity index (χ1) is 41.0. The third kappa shape index (κ3) is 69.3. The van der Waals surface area contributed by atoms with E-state index in [9.17, 15) is 14.4 Å². The van der Waals surface area contributed by atoms with Crippen molar-refractivity contribution in [2.45, 2.75) is 374 Å². The Morgan fingerprint density at radius 2 is 0.494 bits per heavy atom. The van der Waals surface area contributed by atoms with Crippen LogP contribution in [0.1, 0.15) is 367 Å². The second-order valence-corrected chi connectivity index (χ2v) is 24.1. The molecule has 0 aromatic rings. The van der Waals surface area contributed by atoms with Gasteiger partial charge in [0.2, 0.25) is 0 Å². The Kier molecular flexibility index (Phi) is 68.2. The summed E-state index contributed by atoms with van der Waals surface area (Å²) < 4.78 is 16.9. The number of esters is 3. The minimum Gasteiger partial charge on any atom is -0.462 e. The molecule has 0 aromatic carbocycles. The molecule has 0 heterocycles. The Morgan fingerprint density at radius 3 is 0.819 bits per heavy atom. The molecular formula is C77H136O6. The number of rotatable bonds is 66. The summed E-state index contributed by atoms with van der Waals surface area (Å²) >= 11 is 0. The van der Waals surface area contributed by atoms with Crippen molar-refractivity contribution in [3.63, 3.8) is 0 Å². The zero-order chi connectivity index (χ0) is 59.9. The Balaban J connectivity index is 4.25. The van der Waals surface area contributed by atoms with Gasteiger partial charge >= 0.3 is 17.9 Å². The fourth-order valence-electron chi connectivity index (χ4n) is 10.5. The SMILES string of the molecule is CC/C=C\C/C=C\C/C=C\C/C=C\CCC(=O)OCC(COC(=O)CCCCCCCCCCCCCCCCCCC/C=C\C/C=C\CCCCCCC)OC(=O)CCCCCCCCCCCCC/C=C\CCCCCCCCCC. The molecule has 1 atom stereocenters. The second kappa shape index (κ2) is 71.1. The number of carbonyl (C=O) groups is 3. The van der Waals surface area contributed by atoms with Crippen molar-refractivity contribution in [1.82, 2.24) is 0 Å². The van der Waals surface area contributed by atoms with Crippen molar-refractivity contribution in [2.24, 2.45) is 0 Å². The average molecular weight is 1160 g/mol. The van der Waals surface area contributed by atoms with Gasteiger partial charge < -0.3 is 14.2 Å². The van der Waals surface area contributed by atoms with Crippen molar-refractivity contribution in [1.29, 1.82) is 0 Å². The van der Waals surface area contributed by atoms with Crippen LogP contribution in [-0.2, 0) is 28.6 Å². The van der Waals surface area contributed by atoms with Crippen molar-refractivity contribution in [2.75, 3.05) is 13.2 Å². The topological polar surface area (TPSA) is 78.9 Å². The number of allylic oxidation sites excluding steroid dienone is 14. The molecule has 0 aliphatic rings. The summed E-state index contributed by atoms with van der Waals surface area (Å²) in [5, 5.41) is 0. The molecule has 0 spiro atoms. The van der Waals surface area contributed by atoms with Crippen LogP contribution in [0.25, 0.3) is 0 Å². The van der Waals surface area contributed by atoms with Crippen LogP contribution in [0.15, 0.2) is 85.1 Å². The zero-order valence-electron chi connectivity index (χ0n) is 55.2. The summed E-state index contributed by atoms with van der Waals surface area (Å²) in [5.74, 6) is -0.964. The molecule has 6 nitrogen and oxygen atoms in total. The van der Waals surface area contributed by atoms with Gasteiger partial charge in [-0.1, -0.05) is 331 Å². The number of ether oxygens (including phenoxy) is 3. The monoisotopic (exact) mass is 1160 g/mol. The standard InChI is InChI=1S/C77H136O6/c1-4-7-10-13-16-19-22-25-27-29-31-33-35-36-37-38-39-40-42-43-45-47-49-52-55-58-61-64-67-70-76(79)82-73-74(72-81-75(78)69-66-63-60-57-54-51-24-21-18-15-12-9-6-3)83-77(80)71-68-65-62-59-56-53-50-48-46-44-41-34-32-30-28-26-23-20-17-14-11-8-5-2/h9,12,18,21-22,25,29-32,51,54,60,63,74H,4-8,10-11,13-17,19-20,23-24,26-28,33-50,52-53,55-59,61-62,64-73H2,1-3H3/b12-9-,21-18-,25-22-,31-29-,32-30-,54-51-,63-60-. The molecule has 1 unspecified atom stereocenters. The van der Waals surface area contributed by atoms with Crippen LogP contribution >= 0.6 is 0 Å². The van der Waals surface area contributed by atoms with Gasteiger partial charge in [0.05, 0.1) is 0 Å². The number of hydrogen-bond donors (Lipinski definition) is 0. The third-order valence-electron chi connectivity index (χ3n) is 15.9. The highest BCUT2D eigenvalue weighted by Crippen LogP contribution is 2.18. The molecule has 83 heavy (non-hydrogen) atoms. The molecule has 0 aromatic heterocycles. The lowest BCUT2D eigenvalue weighted by Crippen LogP contribution is -2.30. The van der Waals surface area contributed by atoms with Crippen LogP contribution in [-0.4, -0.2) is 37.2 Å². The van der Waals surface area contributed by atoms with Crippen molar-refractivity contribution in [3.8, 4) is 0 Å². The van der Waals surface area contributed by atoms with Gasteiger partial charge in [0.25, 0.3) is 0 Å². The van der Waals surface area contributed by atoms with Gasteiger partial charge in [0.1, 0.15) is 13.2 Å². The van der Waals surface area contributed by atoms with E-state index >= 15 is 0 Å². The lowest BCUT2D eigenvalue weighted by molar-refractivity contribution is -0.166. The Morgan fingerprint density at radius 1 is 0.253 bits per heavy atom. The first kappa shape index (κ1) is 79.6. The van der Waals surface area contributed by atoms with Crippen LogP contribution in [0, 0.1) is 0 Å². The van der Waals surface area contributed by atoms with Crippen LogP contribution in [0.4, 0.5) is 0 Å². The lowest BCUT2D eigenvalue weighted by Gasteiger charge is -2.18. The highest BCUT2D eigenvalue weighted by atomic mass is 16.6. The Bertz CT molecular complexity index is 1570. The predicted molar refractivity (Wildman–Crippen MR) is 362 cm³/mol. The van der Waals surface area contributed by atoms with Crippen molar-refractivity contribution < 1.29 is 28.6 Å². The molecule has 6 heteroatoms. The van der Waals surface area contributed by atoms with E-state index in [-0.39, 0.29) is 37.5 Å². The van der Waals surface area contributed by atoms with Crippen LogP contribution in [0.3, 0.4) is 0 Å². The third-order valence-corrected chi connectivity index (χ3v) is 15.9. The molecule has 0 amide bonds. The Labute approximate surface area is 515 Å². The average Bonchev–Trinajstić information content (AvgIpc) is 3.49. The maximum Gasteiger partial charge on any atom is 0.306 e. The predicted octanol–water partition coefficient (Wildman–Crippen LogP) is 25.0. The normalized spacial score (nSPS) is 12.6. The molecule has 480 valence electrons. The lowest BCUT2D eigenvalue weighted by atomic mass is 10.0. The van der Waals surface area contributed by atoms with E-state index in [2.05, 4.69) is 99.8 Å². The summed E-state index contributed by atoms with van der Waals surface area (Å²) in [7, 11) is 0. The minimum atomic E-state index is -0.806. The van der Waals surface area contributed by atoms with Gasteiger partial charge in [-0.25, -0.2) is 0 Å². The largest absolute Gasteiger partial charge is 0.462 e. The minimum absolute atomic E-state index is 0.0958. The van der Waals surface area contributed by atoms with Gasteiger partial charge in [-0.3, -0.25) is 14.4 Å². The molecule has 0 aliphatic carbocycles. The number of unbranched alkanes of at least 4 members (excludes halogenated alkanes) is 41. The van der Waals surface area contributed by atoms with E-state index in [4.69, 9.17) is 14.2 Å². The first-order valence-corrected chi connectivity index (χ1v) is 36.1. The maximum absolute atomic E-state index is 12.9. The van der Waals surface area contributed by atoms with Gasteiger partial charge in [-0.05, 0) is 103 Å². The van der Waals surface area contributed by atoms with Gasteiger partial charge in [-0.2, -0.15) is 0 Å². The quantitative estimate of drug-likeness (QED) is 0.0261. The smallest absolute Gasteiger partial charge is 0.306 e. The number of hydrogen-bond acceptors (Lipinski definition) is 6. The molecule has 0 N–H and O–H groups in total. The fraction of sp³-hybridized carbons (Fsp3) is 0.779. The maximum atomic E-state index is 12.9. The molecule has 0 rings (SSSR count). The van der Waals surface area contributed by atoms with Gasteiger partial charge in [0, 0.05) is 19.3 Å². The van der Waals surface area contributed by atoms with Gasteiger partial charge in [0.15, 0.2) is 6.10 Å². The van der Waals surface area contributed by atoms with Crippen molar-refractivity contribution in [3.05, 3.63) is 85.1 Å². The zero-order valence-corrected chi connectivity index (χ0v) is 55.2. The summed E-state index contributed by atoms with van der Waals surface area (Å²) in [5.41, 5.74) is 0. The molecule has 0 bridgehead atoms. The highest BCUT2D eigenvalue weighted by molar-refractivity contribution is 5.71. The Hall–Kier alpha value is -3.41. The van der Waals surface area contributed by atoms with E-state index in [0.29, 0.717) is 19.3 Å². The van der Waals surface area contributed by atoms with E-state index in [1.54, 1.807) is 0 Å². The van der Waals surface area contributed by atoms with Crippen LogP contribution in [0.2, 0.25) is 0 Å². The second-order valence-electron chi connectivity index (χ2n) is 24.1. The summed E-state index contributed by atoms with van der Waals surface area (Å²) in [4.78, 5) is 38.4. The molecule has 0 radical (unpaired) electrons. The summed E-state index contributed by atoms with van der Waals surface area (Å²) in [6.07, 6.45) is 95.0. The molecule has 0 aliphatic heterocycles. The summed E-state index contributed by atoms with van der Waals surface area (Å²) in [6.45, 7) is 6.50. The molecule has 0 fully saturated rings. The van der Waals surface area contributed by atoms with Crippen molar-refractivity contribution >= 4 is 17.9 Å².